The van der Waals surface area contributed by atoms with Gasteiger partial charge in [-0.3, -0.25) is 14.5 Å². The van der Waals surface area contributed by atoms with Gasteiger partial charge >= 0.3 is 5.97 Å². The molecule has 4 rings (SSSR count). The van der Waals surface area contributed by atoms with Gasteiger partial charge in [-0.1, -0.05) is 19.1 Å². The molecular formula is C23H29N5O4. The van der Waals surface area contributed by atoms with Crippen LogP contribution in [0.2, 0.25) is 0 Å². The maximum Gasteiger partial charge on any atom is 0.335 e. The fraction of sp³-hybridized carbons (Fsp3) is 0.565. The molecule has 9 nitrogen and oxygen atoms in total. The van der Waals surface area contributed by atoms with Gasteiger partial charge in [0.1, 0.15) is 6.04 Å². The van der Waals surface area contributed by atoms with E-state index in [9.17, 15) is 24.8 Å². The number of carboxylic acids is 1. The summed E-state index contributed by atoms with van der Waals surface area (Å²) in [7, 11) is 0. The highest BCUT2D eigenvalue weighted by Crippen LogP contribution is 2.38. The summed E-state index contributed by atoms with van der Waals surface area (Å²) in [6.07, 6.45) is 1.34. The summed E-state index contributed by atoms with van der Waals surface area (Å²) in [5, 5.41) is 18.6. The van der Waals surface area contributed by atoms with Crippen molar-refractivity contribution in [3.8, 4) is 6.07 Å². The van der Waals surface area contributed by atoms with Crippen LogP contribution in [0.1, 0.15) is 48.7 Å². The van der Waals surface area contributed by atoms with E-state index in [0.29, 0.717) is 25.9 Å². The van der Waals surface area contributed by atoms with Gasteiger partial charge in [-0.05, 0) is 43.4 Å². The Morgan fingerprint density at radius 1 is 1.31 bits per heavy atom. The molecule has 9 heteroatoms. The molecule has 0 radical (unpaired) electrons. The molecule has 4 unspecified atom stereocenters. The smallest absolute Gasteiger partial charge is 0.335 e. The van der Waals surface area contributed by atoms with Crippen molar-refractivity contribution in [2.45, 2.75) is 56.9 Å². The van der Waals surface area contributed by atoms with Gasteiger partial charge in [-0.2, -0.15) is 5.26 Å². The number of nitriles is 1. The number of carbonyl (C=O) groups is 3. The zero-order chi connectivity index (χ0) is 23.2. The van der Waals surface area contributed by atoms with Crippen LogP contribution in [-0.2, 0) is 9.59 Å². The van der Waals surface area contributed by atoms with Gasteiger partial charge in [0.15, 0.2) is 0 Å². The predicted octanol–water partition coefficient (Wildman–Crippen LogP) is 0.819. The molecule has 3 saturated heterocycles. The maximum atomic E-state index is 13.1. The highest BCUT2D eigenvalue weighted by atomic mass is 16.4. The molecule has 0 saturated carbocycles. The number of carboxylic acid groups (broad SMARTS) is 1. The van der Waals surface area contributed by atoms with Gasteiger partial charge < -0.3 is 20.6 Å². The normalized spacial score (nSPS) is 29.2. The number of benzene rings is 1. The number of piperazine rings is 1. The van der Waals surface area contributed by atoms with Crippen LogP contribution < -0.4 is 5.73 Å². The summed E-state index contributed by atoms with van der Waals surface area (Å²) in [5.74, 6) is -0.968. The number of nitrogens with zero attached hydrogens (tertiary/aromatic N) is 4. The number of fused-ring (bicyclic) bond motifs is 2. The molecule has 0 aliphatic carbocycles. The molecule has 170 valence electrons. The van der Waals surface area contributed by atoms with Crippen molar-refractivity contribution in [1.82, 2.24) is 14.7 Å². The Labute approximate surface area is 187 Å². The van der Waals surface area contributed by atoms with E-state index >= 15 is 0 Å². The molecule has 2 bridgehead atoms. The Morgan fingerprint density at radius 2 is 2.06 bits per heavy atom. The zero-order valence-corrected chi connectivity index (χ0v) is 18.3. The first-order chi connectivity index (χ1) is 15.2. The van der Waals surface area contributed by atoms with Gasteiger partial charge in [0.25, 0.3) is 0 Å². The standard InChI is InChI=1S/C23H29N5O4/c1-13-6-17(9-24)27(10-13)21(29)19(25)12-26-11-18-8-20(26)22(30)28(18)14(2)15-4-3-5-16(7-15)23(31)32/h3-5,7,13-14,17-20H,6,8,10-12,25H2,1-2H3,(H,31,32)/t13?,14-,17?,18-,19?,20?/m0/s1. The minimum atomic E-state index is -0.996. The zero-order valence-electron chi connectivity index (χ0n) is 18.3. The summed E-state index contributed by atoms with van der Waals surface area (Å²) in [6.45, 7) is 5.37. The van der Waals surface area contributed by atoms with E-state index in [1.807, 2.05) is 29.7 Å². The average Bonchev–Trinajstić information content (AvgIpc) is 3.44. The van der Waals surface area contributed by atoms with Gasteiger partial charge in [-0.15, -0.1) is 0 Å². The summed E-state index contributed by atoms with van der Waals surface area (Å²) in [5.41, 5.74) is 7.21. The molecule has 3 aliphatic rings. The quantitative estimate of drug-likeness (QED) is 0.671. The highest BCUT2D eigenvalue weighted by Gasteiger charge is 2.51. The van der Waals surface area contributed by atoms with Crippen LogP contribution in [-0.4, -0.2) is 81.4 Å². The van der Waals surface area contributed by atoms with Crippen molar-refractivity contribution < 1.29 is 19.5 Å². The number of hydrogen-bond acceptors (Lipinski definition) is 6. The van der Waals surface area contributed by atoms with Crippen LogP contribution in [0.3, 0.4) is 0 Å². The lowest BCUT2D eigenvalue weighted by atomic mass is 10.0. The number of likely N-dealkylation sites (tertiary alicyclic amines) is 3. The number of nitrogens with two attached hydrogens (primary N) is 1. The largest absolute Gasteiger partial charge is 0.478 e. The second-order valence-corrected chi connectivity index (χ2v) is 9.29. The van der Waals surface area contributed by atoms with Crippen LogP contribution in [0.5, 0.6) is 0 Å². The molecule has 0 spiro atoms. The van der Waals surface area contributed by atoms with Crippen LogP contribution in [0, 0.1) is 17.2 Å². The molecule has 1 aromatic rings. The third-order valence-electron chi connectivity index (χ3n) is 7.04. The van der Waals surface area contributed by atoms with E-state index < -0.39 is 18.1 Å². The number of carbonyl (C=O) groups excluding carboxylic acids is 2. The molecule has 1 aromatic carbocycles. The van der Waals surface area contributed by atoms with Gasteiger partial charge in [0.2, 0.25) is 11.8 Å². The fourth-order valence-corrected chi connectivity index (χ4v) is 5.45. The summed E-state index contributed by atoms with van der Waals surface area (Å²) in [6, 6.07) is 7.10. The van der Waals surface area contributed by atoms with Crippen molar-refractivity contribution in [1.29, 1.82) is 5.26 Å². The molecule has 2 amide bonds. The number of hydrogen-bond donors (Lipinski definition) is 2. The van der Waals surface area contributed by atoms with E-state index in [-0.39, 0.29) is 48.0 Å². The molecule has 0 aromatic heterocycles. The third-order valence-corrected chi connectivity index (χ3v) is 7.04. The second kappa shape index (κ2) is 8.52. The van der Waals surface area contributed by atoms with Crippen molar-refractivity contribution >= 4 is 17.8 Å². The second-order valence-electron chi connectivity index (χ2n) is 9.29. The van der Waals surface area contributed by atoms with Crippen molar-refractivity contribution in [2.24, 2.45) is 11.7 Å². The van der Waals surface area contributed by atoms with Crippen LogP contribution in [0.4, 0.5) is 0 Å². The molecule has 3 fully saturated rings. The predicted molar refractivity (Wildman–Crippen MR) is 115 cm³/mol. The lowest BCUT2D eigenvalue weighted by molar-refractivity contribution is -0.141. The number of rotatable bonds is 6. The fourth-order valence-electron chi connectivity index (χ4n) is 5.45. The maximum absolute atomic E-state index is 13.1. The lowest BCUT2D eigenvalue weighted by Crippen LogP contribution is -2.56. The molecular weight excluding hydrogens is 410 g/mol. The first-order valence-corrected chi connectivity index (χ1v) is 11.1. The number of aromatic carboxylic acids is 1. The topological polar surface area (TPSA) is 131 Å². The Balaban J connectivity index is 1.40. The van der Waals surface area contributed by atoms with Crippen LogP contribution >= 0.6 is 0 Å². The summed E-state index contributed by atoms with van der Waals surface area (Å²) >= 11 is 0. The Bertz CT molecular complexity index is 975. The van der Waals surface area contributed by atoms with E-state index in [4.69, 9.17) is 5.73 Å². The van der Waals surface area contributed by atoms with Crippen molar-refractivity contribution in [2.75, 3.05) is 19.6 Å². The monoisotopic (exact) mass is 439 g/mol. The van der Waals surface area contributed by atoms with E-state index in [0.717, 1.165) is 5.56 Å². The number of amides is 2. The van der Waals surface area contributed by atoms with Crippen LogP contribution in [0.25, 0.3) is 0 Å². The minimum Gasteiger partial charge on any atom is -0.478 e. The average molecular weight is 440 g/mol. The Kier molecular flexibility index (Phi) is 5.93. The third kappa shape index (κ3) is 3.85. The lowest BCUT2D eigenvalue weighted by Gasteiger charge is -2.38. The van der Waals surface area contributed by atoms with E-state index in [2.05, 4.69) is 6.07 Å². The first-order valence-electron chi connectivity index (χ1n) is 11.1. The minimum absolute atomic E-state index is 0.00282. The Morgan fingerprint density at radius 3 is 2.72 bits per heavy atom. The van der Waals surface area contributed by atoms with Gasteiger partial charge in [0.05, 0.1) is 29.8 Å². The Hall–Kier alpha value is -2.96. The van der Waals surface area contributed by atoms with Gasteiger partial charge in [0, 0.05) is 25.7 Å². The molecule has 6 atom stereocenters. The van der Waals surface area contributed by atoms with E-state index in [1.54, 1.807) is 17.0 Å². The van der Waals surface area contributed by atoms with Crippen molar-refractivity contribution in [3.63, 3.8) is 0 Å². The first kappa shape index (κ1) is 22.2. The summed E-state index contributed by atoms with van der Waals surface area (Å²) in [4.78, 5) is 42.7. The highest BCUT2D eigenvalue weighted by molar-refractivity contribution is 5.88. The molecule has 3 aliphatic heterocycles. The van der Waals surface area contributed by atoms with Crippen LogP contribution in [0.15, 0.2) is 24.3 Å². The SMILES string of the molecule is CC1CC(C#N)N(C(=O)C(N)CN2C[C@@H]3CC2C(=O)N3[C@@H](C)c2cccc(C(=O)O)c2)C1. The van der Waals surface area contributed by atoms with Gasteiger partial charge in [-0.25, -0.2) is 4.79 Å². The molecule has 3 N–H and O–H groups in total. The molecule has 32 heavy (non-hydrogen) atoms. The summed E-state index contributed by atoms with van der Waals surface area (Å²) < 4.78 is 0. The molecule has 3 heterocycles. The van der Waals surface area contributed by atoms with Crippen molar-refractivity contribution in [3.05, 3.63) is 35.4 Å². The van der Waals surface area contributed by atoms with E-state index in [1.165, 1.54) is 6.07 Å².